The van der Waals surface area contributed by atoms with Crippen molar-refractivity contribution < 1.29 is 13.6 Å². The number of aromatic nitrogens is 2. The van der Waals surface area contributed by atoms with Gasteiger partial charge in [0, 0.05) is 35.9 Å². The van der Waals surface area contributed by atoms with Crippen LogP contribution in [0.25, 0.3) is 10.9 Å². The normalized spacial score (nSPS) is 11.3. The second kappa shape index (κ2) is 9.50. The number of fused-ring (bicyclic) bond motifs is 1. The number of hydrogen-bond acceptors (Lipinski definition) is 3. The molecule has 0 saturated heterocycles. The highest BCUT2D eigenvalue weighted by atomic mass is 19.2. The zero-order chi connectivity index (χ0) is 23.5. The molecule has 5 nitrogen and oxygen atoms in total. The van der Waals surface area contributed by atoms with E-state index in [9.17, 15) is 13.6 Å². The van der Waals surface area contributed by atoms with Crippen LogP contribution in [0, 0.1) is 18.6 Å². The zero-order valence-electron chi connectivity index (χ0n) is 18.9. The van der Waals surface area contributed by atoms with Gasteiger partial charge in [-0.25, -0.2) is 8.78 Å². The van der Waals surface area contributed by atoms with E-state index in [4.69, 9.17) is 0 Å². The van der Waals surface area contributed by atoms with Crippen molar-refractivity contribution in [2.24, 2.45) is 0 Å². The van der Waals surface area contributed by atoms with Crippen molar-refractivity contribution in [3.05, 3.63) is 101 Å². The van der Waals surface area contributed by atoms with E-state index in [2.05, 4.69) is 20.9 Å². The van der Waals surface area contributed by atoms with E-state index in [1.54, 1.807) is 6.20 Å². The smallest absolute Gasteiger partial charge is 0.254 e. The average Bonchev–Trinajstić information content (AvgIpc) is 3.07. The highest BCUT2D eigenvalue weighted by Gasteiger charge is 2.23. The number of carbonyl (C=O) groups is 1. The molecule has 170 valence electrons. The largest absolute Gasteiger partial charge is 0.348 e. The van der Waals surface area contributed by atoms with Crippen LogP contribution < -0.4 is 5.32 Å². The average molecular weight is 449 g/mol. The molecule has 0 atom stereocenters. The lowest BCUT2D eigenvalue weighted by Crippen LogP contribution is -2.26. The quantitative estimate of drug-likeness (QED) is 0.447. The summed E-state index contributed by atoms with van der Waals surface area (Å²) in [4.78, 5) is 19.9. The van der Waals surface area contributed by atoms with Crippen molar-refractivity contribution in [1.29, 1.82) is 0 Å². The van der Waals surface area contributed by atoms with Crippen LogP contribution in [0.15, 0.2) is 60.8 Å². The highest BCUT2D eigenvalue weighted by Crippen LogP contribution is 2.29. The molecule has 0 fully saturated rings. The first-order chi connectivity index (χ1) is 15.8. The van der Waals surface area contributed by atoms with Gasteiger partial charge in [-0.05, 0) is 62.5 Å². The number of hydrogen-bond donors (Lipinski definition) is 1. The molecule has 1 amide bonds. The van der Waals surface area contributed by atoms with E-state index < -0.39 is 11.6 Å². The summed E-state index contributed by atoms with van der Waals surface area (Å²) in [6, 6.07) is 15.4. The van der Waals surface area contributed by atoms with Gasteiger partial charge in [-0.2, -0.15) is 0 Å². The van der Waals surface area contributed by atoms with Crippen LogP contribution in [0.3, 0.4) is 0 Å². The maximum atomic E-state index is 13.6. The molecule has 2 aromatic heterocycles. The number of pyridine rings is 1. The first kappa shape index (κ1) is 22.6. The number of rotatable bonds is 7. The van der Waals surface area contributed by atoms with Crippen molar-refractivity contribution in [2.75, 3.05) is 14.1 Å². The van der Waals surface area contributed by atoms with E-state index in [0.717, 1.165) is 40.0 Å². The lowest BCUT2D eigenvalue weighted by atomic mass is 10.1. The minimum Gasteiger partial charge on any atom is -0.348 e. The summed E-state index contributed by atoms with van der Waals surface area (Å²) >= 11 is 0. The van der Waals surface area contributed by atoms with E-state index in [1.165, 1.54) is 6.07 Å². The molecule has 2 heterocycles. The van der Waals surface area contributed by atoms with Crippen LogP contribution in [0.4, 0.5) is 8.78 Å². The molecule has 0 spiro atoms. The van der Waals surface area contributed by atoms with Crippen LogP contribution >= 0.6 is 0 Å². The lowest BCUT2D eigenvalue weighted by Gasteiger charge is -2.16. The number of aryl methyl sites for hydroxylation is 1. The third-order valence-corrected chi connectivity index (χ3v) is 5.50. The van der Waals surface area contributed by atoms with Gasteiger partial charge in [0.1, 0.15) is 0 Å². The van der Waals surface area contributed by atoms with Crippen LogP contribution in [0.2, 0.25) is 0 Å². The van der Waals surface area contributed by atoms with E-state index in [1.807, 2.05) is 56.3 Å². The molecule has 4 aromatic rings. The summed E-state index contributed by atoms with van der Waals surface area (Å²) < 4.78 is 29.0. The summed E-state index contributed by atoms with van der Waals surface area (Å²) in [6.07, 6.45) is 1.76. The summed E-state index contributed by atoms with van der Waals surface area (Å²) in [7, 11) is 3.91. The summed E-state index contributed by atoms with van der Waals surface area (Å²) in [5.41, 5.74) is 4.88. The Morgan fingerprint density at radius 1 is 1.06 bits per heavy atom. The molecule has 0 aliphatic rings. The summed E-state index contributed by atoms with van der Waals surface area (Å²) in [5, 5.41) is 3.73. The molecular weight excluding hydrogens is 422 g/mol. The SMILES string of the molecule is Cc1ccc2c(C(=O)NCc3ccc(F)c(F)c3)c(CN(C)C)n(Cc3ccccn3)c2c1. The van der Waals surface area contributed by atoms with Crippen molar-refractivity contribution in [2.45, 2.75) is 26.6 Å². The highest BCUT2D eigenvalue weighted by molar-refractivity contribution is 6.08. The van der Waals surface area contributed by atoms with Crippen molar-refractivity contribution in [1.82, 2.24) is 19.8 Å². The first-order valence-electron chi connectivity index (χ1n) is 10.7. The van der Waals surface area contributed by atoms with Gasteiger partial charge in [0.05, 0.1) is 17.8 Å². The predicted octanol–water partition coefficient (Wildman–Crippen LogP) is 4.66. The molecule has 7 heteroatoms. The van der Waals surface area contributed by atoms with E-state index in [0.29, 0.717) is 24.2 Å². The molecule has 0 aliphatic carbocycles. The summed E-state index contributed by atoms with van der Waals surface area (Å²) in [6.45, 7) is 3.19. The number of nitrogens with one attached hydrogen (secondary N) is 1. The third kappa shape index (κ3) is 4.93. The molecule has 0 radical (unpaired) electrons. The fourth-order valence-electron chi connectivity index (χ4n) is 3.98. The molecule has 33 heavy (non-hydrogen) atoms. The number of nitrogens with zero attached hydrogens (tertiary/aromatic N) is 3. The molecule has 0 bridgehead atoms. The molecule has 0 aliphatic heterocycles. The molecule has 4 rings (SSSR count). The molecule has 1 N–H and O–H groups in total. The summed E-state index contributed by atoms with van der Waals surface area (Å²) in [5.74, 6) is -2.10. The first-order valence-corrected chi connectivity index (χ1v) is 10.7. The van der Waals surface area contributed by atoms with Crippen LogP contribution in [0.5, 0.6) is 0 Å². The number of benzene rings is 2. The van der Waals surface area contributed by atoms with Gasteiger partial charge < -0.3 is 14.8 Å². The second-order valence-corrected chi connectivity index (χ2v) is 8.42. The zero-order valence-corrected chi connectivity index (χ0v) is 18.9. The van der Waals surface area contributed by atoms with Crippen LogP contribution in [-0.2, 0) is 19.6 Å². The minimum absolute atomic E-state index is 0.0935. The molecule has 0 saturated carbocycles. The number of halogens is 2. The molecule has 2 aromatic carbocycles. The Balaban J connectivity index is 1.76. The Hall–Kier alpha value is -3.58. The van der Waals surface area contributed by atoms with Gasteiger partial charge >= 0.3 is 0 Å². The van der Waals surface area contributed by atoms with Gasteiger partial charge in [0.25, 0.3) is 5.91 Å². The Labute approximate surface area is 191 Å². The van der Waals surface area contributed by atoms with Crippen molar-refractivity contribution >= 4 is 16.8 Å². The van der Waals surface area contributed by atoms with Crippen molar-refractivity contribution in [3.8, 4) is 0 Å². The van der Waals surface area contributed by atoms with Crippen LogP contribution in [0.1, 0.15) is 32.9 Å². The Morgan fingerprint density at radius 3 is 2.58 bits per heavy atom. The third-order valence-electron chi connectivity index (χ3n) is 5.50. The van der Waals surface area contributed by atoms with Gasteiger partial charge in [-0.15, -0.1) is 0 Å². The van der Waals surface area contributed by atoms with Gasteiger partial charge in [0.2, 0.25) is 0 Å². The van der Waals surface area contributed by atoms with Crippen LogP contribution in [-0.4, -0.2) is 34.5 Å². The van der Waals surface area contributed by atoms with Gasteiger partial charge in [-0.1, -0.05) is 24.3 Å². The Morgan fingerprint density at radius 2 is 1.88 bits per heavy atom. The second-order valence-electron chi connectivity index (χ2n) is 8.42. The fourth-order valence-corrected chi connectivity index (χ4v) is 3.98. The Kier molecular flexibility index (Phi) is 6.51. The predicted molar refractivity (Wildman–Crippen MR) is 125 cm³/mol. The Bertz CT molecular complexity index is 1300. The standard InChI is InChI=1S/C26H26F2N4O/c1-17-7-9-20-23(12-17)32(15-19-6-4-5-11-29-19)24(16-31(2)3)25(20)26(33)30-14-18-8-10-21(27)22(28)13-18/h4-13H,14-16H2,1-3H3,(H,30,33). The van der Waals surface area contributed by atoms with E-state index in [-0.39, 0.29) is 12.5 Å². The van der Waals surface area contributed by atoms with Gasteiger partial charge in [-0.3, -0.25) is 9.78 Å². The number of carbonyl (C=O) groups excluding carboxylic acids is 1. The topological polar surface area (TPSA) is 50.2 Å². The molecule has 0 unspecified atom stereocenters. The molecular formula is C26H26F2N4O. The fraction of sp³-hybridized carbons (Fsp3) is 0.231. The van der Waals surface area contributed by atoms with Gasteiger partial charge in [0.15, 0.2) is 11.6 Å². The van der Waals surface area contributed by atoms with Crippen molar-refractivity contribution in [3.63, 3.8) is 0 Å². The minimum atomic E-state index is -0.933. The monoisotopic (exact) mass is 448 g/mol. The maximum Gasteiger partial charge on any atom is 0.254 e. The number of amides is 1. The maximum absolute atomic E-state index is 13.6. The van der Waals surface area contributed by atoms with E-state index >= 15 is 0 Å². The lowest BCUT2D eigenvalue weighted by molar-refractivity contribution is 0.0950.